The summed E-state index contributed by atoms with van der Waals surface area (Å²) >= 11 is 1.50. The van der Waals surface area contributed by atoms with E-state index < -0.39 is 41.0 Å². The largest absolute Gasteiger partial charge is 0.454 e. The Morgan fingerprint density at radius 1 is 1.19 bits per heavy atom. The van der Waals surface area contributed by atoms with E-state index in [9.17, 15) is 22.8 Å². The average molecular weight is 408 g/mol. The van der Waals surface area contributed by atoms with Gasteiger partial charge in [-0.15, -0.1) is 11.3 Å². The third-order valence-corrected chi connectivity index (χ3v) is 6.59. The zero-order valence-electron chi connectivity index (χ0n) is 14.3. The van der Waals surface area contributed by atoms with E-state index in [1.807, 2.05) is 17.5 Å². The first-order chi connectivity index (χ1) is 12.8. The van der Waals surface area contributed by atoms with Crippen LogP contribution < -0.4 is 0 Å². The minimum absolute atomic E-state index is 0.0112. The van der Waals surface area contributed by atoms with Gasteiger partial charge in [-0.05, 0) is 23.6 Å². The van der Waals surface area contributed by atoms with E-state index in [2.05, 4.69) is 0 Å². The van der Waals surface area contributed by atoms with Crippen LogP contribution in [0.2, 0.25) is 0 Å². The van der Waals surface area contributed by atoms with Crippen molar-refractivity contribution in [2.24, 2.45) is 0 Å². The van der Waals surface area contributed by atoms with Crippen LogP contribution in [0.4, 0.5) is 0 Å². The smallest absolute Gasteiger partial charge is 0.327 e. The molecule has 0 spiro atoms. The highest BCUT2D eigenvalue weighted by molar-refractivity contribution is 7.90. The molecular formula is C17H16N2O6S2. The van der Waals surface area contributed by atoms with E-state index in [4.69, 9.17) is 4.74 Å². The van der Waals surface area contributed by atoms with E-state index in [1.165, 1.54) is 40.5 Å². The monoisotopic (exact) mass is 408 g/mol. The van der Waals surface area contributed by atoms with Gasteiger partial charge in [0.05, 0.1) is 12.1 Å². The maximum atomic E-state index is 12.4. The Morgan fingerprint density at radius 3 is 2.59 bits per heavy atom. The van der Waals surface area contributed by atoms with Crippen molar-refractivity contribution >= 4 is 39.1 Å². The number of amides is 2. The number of fused-ring (bicyclic) bond motifs is 1. The van der Waals surface area contributed by atoms with Gasteiger partial charge < -0.3 is 9.64 Å². The number of nitrogens with zero attached hydrogens (tertiary/aromatic N) is 2. The van der Waals surface area contributed by atoms with E-state index in [1.54, 1.807) is 7.05 Å². The molecule has 1 aromatic carbocycles. The van der Waals surface area contributed by atoms with Crippen LogP contribution in [-0.4, -0.2) is 55.6 Å². The summed E-state index contributed by atoms with van der Waals surface area (Å²) < 4.78 is 30.1. The first-order valence-corrected chi connectivity index (χ1v) is 10.2. The van der Waals surface area contributed by atoms with Crippen LogP contribution in [-0.2, 0) is 30.9 Å². The summed E-state index contributed by atoms with van der Waals surface area (Å²) in [7, 11) is -2.52. The van der Waals surface area contributed by atoms with Crippen LogP contribution in [0.15, 0.2) is 46.7 Å². The molecule has 0 N–H and O–H groups in total. The number of thiophene rings is 1. The molecule has 8 nitrogen and oxygen atoms in total. The highest BCUT2D eigenvalue weighted by atomic mass is 32.2. The molecule has 142 valence electrons. The molecular weight excluding hydrogens is 392 g/mol. The van der Waals surface area contributed by atoms with Gasteiger partial charge in [0.2, 0.25) is 0 Å². The maximum absolute atomic E-state index is 12.4. The summed E-state index contributed by atoms with van der Waals surface area (Å²) in [4.78, 5) is 38.5. The number of carbonyl (C=O) groups is 3. The number of hydrogen-bond acceptors (Lipinski definition) is 7. The first kappa shape index (κ1) is 19.1. The van der Waals surface area contributed by atoms with Crippen LogP contribution in [0, 0.1) is 0 Å². The normalized spacial score (nSPS) is 14.7. The molecule has 2 heterocycles. The minimum atomic E-state index is -4.09. The molecule has 0 saturated heterocycles. The molecule has 3 rings (SSSR count). The lowest BCUT2D eigenvalue weighted by molar-refractivity contribution is -0.151. The Hall–Kier alpha value is -2.72. The number of sulfonamides is 1. The van der Waals surface area contributed by atoms with Crippen molar-refractivity contribution in [2.45, 2.75) is 11.4 Å². The third-order valence-electron chi connectivity index (χ3n) is 3.94. The Labute approximate surface area is 160 Å². The second kappa shape index (κ2) is 7.49. The first-order valence-electron chi connectivity index (χ1n) is 7.89. The number of carbonyl (C=O) groups excluding carboxylic acids is 3. The number of ether oxygens (including phenoxy) is 1. The van der Waals surface area contributed by atoms with Gasteiger partial charge in [-0.25, -0.2) is 12.7 Å². The van der Waals surface area contributed by atoms with Gasteiger partial charge in [0.1, 0.15) is 11.4 Å². The second-order valence-electron chi connectivity index (χ2n) is 5.80. The molecule has 1 aromatic heterocycles. The zero-order valence-corrected chi connectivity index (χ0v) is 16.0. The predicted octanol–water partition coefficient (Wildman–Crippen LogP) is 1.09. The highest BCUT2D eigenvalue weighted by Gasteiger charge is 2.42. The van der Waals surface area contributed by atoms with Gasteiger partial charge >= 0.3 is 5.97 Å². The fraction of sp³-hybridized carbons (Fsp3) is 0.235. The van der Waals surface area contributed by atoms with Gasteiger partial charge in [-0.2, -0.15) is 0 Å². The highest BCUT2D eigenvalue weighted by Crippen LogP contribution is 2.29. The van der Waals surface area contributed by atoms with Crippen molar-refractivity contribution in [3.8, 4) is 0 Å². The van der Waals surface area contributed by atoms with Crippen molar-refractivity contribution in [2.75, 3.05) is 20.2 Å². The number of likely N-dealkylation sites (N-methyl/N-ethyl adjacent to an activating group) is 1. The van der Waals surface area contributed by atoms with Crippen LogP contribution >= 0.6 is 11.3 Å². The van der Waals surface area contributed by atoms with Crippen molar-refractivity contribution < 1.29 is 27.5 Å². The van der Waals surface area contributed by atoms with Crippen molar-refractivity contribution in [3.63, 3.8) is 0 Å². The summed E-state index contributed by atoms with van der Waals surface area (Å²) in [6.45, 7) is -0.935. The molecule has 1 aliphatic rings. The van der Waals surface area contributed by atoms with Crippen molar-refractivity contribution in [1.29, 1.82) is 0 Å². The van der Waals surface area contributed by atoms with Crippen molar-refractivity contribution in [3.05, 3.63) is 52.2 Å². The van der Waals surface area contributed by atoms with Crippen LogP contribution in [0.5, 0.6) is 0 Å². The summed E-state index contributed by atoms with van der Waals surface area (Å²) in [5.74, 6) is -2.20. The Morgan fingerprint density at radius 2 is 1.93 bits per heavy atom. The number of hydrogen-bond donors (Lipinski definition) is 0. The van der Waals surface area contributed by atoms with Gasteiger partial charge in [-0.1, -0.05) is 18.2 Å². The zero-order chi connectivity index (χ0) is 19.6. The van der Waals surface area contributed by atoms with Crippen LogP contribution in [0.3, 0.4) is 0 Å². The Balaban J connectivity index is 1.57. The summed E-state index contributed by atoms with van der Waals surface area (Å²) in [6, 6.07) is 9.45. The van der Waals surface area contributed by atoms with Gasteiger partial charge in [0, 0.05) is 11.9 Å². The molecule has 2 aromatic rings. The SMILES string of the molecule is CN(Cc1cccs1)C(=O)COC(=O)CN1C(=O)c2ccccc2S1(=O)=O. The van der Waals surface area contributed by atoms with Gasteiger partial charge in [0.15, 0.2) is 6.61 Å². The number of esters is 1. The van der Waals surface area contributed by atoms with E-state index in [0.29, 0.717) is 10.8 Å². The lowest BCUT2D eigenvalue weighted by atomic mass is 10.2. The molecule has 10 heteroatoms. The molecule has 0 saturated carbocycles. The lowest BCUT2D eigenvalue weighted by Crippen LogP contribution is -2.37. The number of benzene rings is 1. The summed E-state index contributed by atoms with van der Waals surface area (Å²) in [5, 5.41) is 1.89. The number of rotatable bonds is 6. The Bertz CT molecular complexity index is 985. The standard InChI is InChI=1S/C17H16N2O6S2/c1-18(9-12-5-4-8-26-12)15(20)11-25-16(21)10-19-17(22)13-6-2-3-7-14(13)27(19,23)24/h2-8H,9-11H2,1H3. The molecule has 0 fully saturated rings. The van der Waals surface area contributed by atoms with Crippen LogP contribution in [0.1, 0.15) is 15.2 Å². The predicted molar refractivity (Wildman–Crippen MR) is 96.4 cm³/mol. The average Bonchev–Trinajstić information content (AvgIpc) is 3.21. The summed E-state index contributed by atoms with van der Waals surface area (Å²) in [6.07, 6.45) is 0. The molecule has 0 bridgehead atoms. The topological polar surface area (TPSA) is 101 Å². The quantitative estimate of drug-likeness (QED) is 0.664. The fourth-order valence-electron chi connectivity index (χ4n) is 2.53. The molecule has 0 aliphatic carbocycles. The second-order valence-corrected chi connectivity index (χ2v) is 8.67. The molecule has 27 heavy (non-hydrogen) atoms. The molecule has 0 atom stereocenters. The third kappa shape index (κ3) is 3.86. The van der Waals surface area contributed by atoms with E-state index in [0.717, 1.165) is 4.88 Å². The maximum Gasteiger partial charge on any atom is 0.327 e. The van der Waals surface area contributed by atoms with Gasteiger partial charge in [-0.3, -0.25) is 14.4 Å². The van der Waals surface area contributed by atoms with E-state index >= 15 is 0 Å². The molecule has 0 radical (unpaired) electrons. The summed E-state index contributed by atoms with van der Waals surface area (Å²) in [5.41, 5.74) is 0.0112. The van der Waals surface area contributed by atoms with Crippen LogP contribution in [0.25, 0.3) is 0 Å². The molecule has 2 amide bonds. The van der Waals surface area contributed by atoms with Gasteiger partial charge in [0.25, 0.3) is 21.8 Å². The minimum Gasteiger partial charge on any atom is -0.454 e. The van der Waals surface area contributed by atoms with E-state index in [-0.39, 0.29) is 10.5 Å². The fourth-order valence-corrected chi connectivity index (χ4v) is 4.80. The Kier molecular flexibility index (Phi) is 5.29. The van der Waals surface area contributed by atoms with Crippen molar-refractivity contribution in [1.82, 2.24) is 9.21 Å². The lowest BCUT2D eigenvalue weighted by Gasteiger charge is -2.17. The molecule has 1 aliphatic heterocycles. The molecule has 0 unspecified atom stereocenters.